The van der Waals surface area contributed by atoms with Crippen LogP contribution in [-0.4, -0.2) is 0 Å². The highest BCUT2D eigenvalue weighted by molar-refractivity contribution is 5.39. The van der Waals surface area contributed by atoms with Crippen LogP contribution in [0.25, 0.3) is 0 Å². The molecule has 0 heteroatoms. The summed E-state index contributed by atoms with van der Waals surface area (Å²) in [6.07, 6.45) is 1.01. The fourth-order valence-corrected chi connectivity index (χ4v) is 2.19. The molecule has 1 radical (unpaired) electrons. The van der Waals surface area contributed by atoms with Crippen LogP contribution in [0.5, 0.6) is 0 Å². The lowest BCUT2D eigenvalue weighted by Gasteiger charge is -2.10. The van der Waals surface area contributed by atoms with Gasteiger partial charge in [0.15, 0.2) is 0 Å². The molecule has 16 heavy (non-hydrogen) atoms. The summed E-state index contributed by atoms with van der Waals surface area (Å²) in [7, 11) is 0. The third-order valence-corrected chi connectivity index (χ3v) is 2.97. The molecule has 81 valence electrons. The highest BCUT2D eigenvalue weighted by Gasteiger charge is 2.04. The highest BCUT2D eigenvalue weighted by Crippen LogP contribution is 2.19. The van der Waals surface area contributed by atoms with Gasteiger partial charge in [0.2, 0.25) is 0 Å². The third kappa shape index (κ3) is 2.33. The molecule has 0 saturated carbocycles. The molecule has 0 spiro atoms. The van der Waals surface area contributed by atoms with Crippen molar-refractivity contribution >= 4 is 0 Å². The molecule has 0 aliphatic heterocycles. The Hall–Kier alpha value is -1.56. The van der Waals surface area contributed by atoms with Gasteiger partial charge < -0.3 is 0 Å². The van der Waals surface area contributed by atoms with E-state index in [0.717, 1.165) is 6.42 Å². The molecule has 2 aromatic rings. The second kappa shape index (κ2) is 4.52. The van der Waals surface area contributed by atoms with Gasteiger partial charge in [0.1, 0.15) is 0 Å². The van der Waals surface area contributed by atoms with Crippen LogP contribution in [0, 0.1) is 26.8 Å². The largest absolute Gasteiger partial charge is 0.0622 e. The molecular formula is C16H17. The summed E-state index contributed by atoms with van der Waals surface area (Å²) in [5.41, 5.74) is 6.66. The topological polar surface area (TPSA) is 0 Å². The first kappa shape index (κ1) is 10.9. The van der Waals surface area contributed by atoms with Crippen molar-refractivity contribution in [3.8, 4) is 0 Å². The van der Waals surface area contributed by atoms with Crippen molar-refractivity contribution in [1.29, 1.82) is 0 Å². The molecule has 0 N–H and O–H groups in total. The van der Waals surface area contributed by atoms with Gasteiger partial charge in [0.05, 0.1) is 0 Å². The van der Waals surface area contributed by atoms with Crippen LogP contribution in [0.4, 0.5) is 0 Å². The maximum Gasteiger partial charge on any atom is -0.00203 e. The van der Waals surface area contributed by atoms with Crippen LogP contribution < -0.4 is 0 Å². The third-order valence-electron chi connectivity index (χ3n) is 2.97. The van der Waals surface area contributed by atoms with Crippen molar-refractivity contribution in [3.63, 3.8) is 0 Å². The van der Waals surface area contributed by atoms with Gasteiger partial charge in [-0.3, -0.25) is 0 Å². The molecule has 0 heterocycles. The van der Waals surface area contributed by atoms with Crippen molar-refractivity contribution in [2.45, 2.75) is 27.2 Å². The van der Waals surface area contributed by atoms with Gasteiger partial charge in [-0.15, -0.1) is 0 Å². The first-order valence-corrected chi connectivity index (χ1v) is 5.70. The quantitative estimate of drug-likeness (QED) is 0.701. The van der Waals surface area contributed by atoms with Gasteiger partial charge in [-0.25, -0.2) is 0 Å². The Morgan fingerprint density at radius 2 is 1.69 bits per heavy atom. The molecule has 0 nitrogen and oxygen atoms in total. The normalized spacial score (nSPS) is 10.4. The van der Waals surface area contributed by atoms with Gasteiger partial charge in [-0.1, -0.05) is 36.4 Å². The summed E-state index contributed by atoms with van der Waals surface area (Å²) < 4.78 is 0. The highest BCUT2D eigenvalue weighted by atomic mass is 14.1. The Morgan fingerprint density at radius 1 is 1.00 bits per heavy atom. The van der Waals surface area contributed by atoms with Crippen molar-refractivity contribution in [2.75, 3.05) is 0 Å². The van der Waals surface area contributed by atoms with E-state index in [1.165, 1.54) is 27.8 Å². The molecule has 0 amide bonds. The van der Waals surface area contributed by atoms with Crippen LogP contribution in [0.3, 0.4) is 0 Å². The Kier molecular flexibility index (Phi) is 3.09. The summed E-state index contributed by atoms with van der Waals surface area (Å²) in [6.45, 7) is 6.44. The van der Waals surface area contributed by atoms with E-state index in [-0.39, 0.29) is 0 Å². The van der Waals surface area contributed by atoms with Crippen molar-refractivity contribution in [2.24, 2.45) is 0 Å². The van der Waals surface area contributed by atoms with Gasteiger partial charge in [0, 0.05) is 0 Å². The average molecular weight is 209 g/mol. The number of rotatable bonds is 2. The van der Waals surface area contributed by atoms with E-state index < -0.39 is 0 Å². The van der Waals surface area contributed by atoms with Crippen LogP contribution in [0.2, 0.25) is 0 Å². The second-order valence-corrected chi connectivity index (χ2v) is 4.40. The Labute approximate surface area is 97.9 Å². The van der Waals surface area contributed by atoms with Gasteiger partial charge in [0.25, 0.3) is 0 Å². The number of aryl methyl sites for hydroxylation is 3. The number of benzene rings is 2. The SMILES string of the molecule is Cc1[c]c(C)c(Cc2ccccc2)c(C)c1. The van der Waals surface area contributed by atoms with Crippen molar-refractivity contribution < 1.29 is 0 Å². The lowest BCUT2D eigenvalue weighted by molar-refractivity contribution is 1.11. The fraction of sp³-hybridized carbons (Fsp3) is 0.250. The molecule has 0 aromatic heterocycles. The Morgan fingerprint density at radius 3 is 2.31 bits per heavy atom. The van der Waals surface area contributed by atoms with E-state index in [1.807, 2.05) is 0 Å². The lowest BCUT2D eigenvalue weighted by atomic mass is 9.94. The average Bonchev–Trinajstić information content (AvgIpc) is 2.25. The van der Waals surface area contributed by atoms with E-state index in [0.29, 0.717) is 0 Å². The Balaban J connectivity index is 2.35. The van der Waals surface area contributed by atoms with Crippen LogP contribution in [0.15, 0.2) is 36.4 Å². The zero-order valence-electron chi connectivity index (χ0n) is 10.2. The number of hydrogen-bond acceptors (Lipinski definition) is 0. The second-order valence-electron chi connectivity index (χ2n) is 4.40. The molecule has 0 saturated heterocycles. The first-order valence-electron chi connectivity index (χ1n) is 5.70. The first-order chi connectivity index (χ1) is 7.66. The van der Waals surface area contributed by atoms with E-state index in [1.54, 1.807) is 0 Å². The predicted octanol–water partition coefficient (Wildman–Crippen LogP) is 4.00. The molecular weight excluding hydrogens is 192 g/mol. The minimum absolute atomic E-state index is 1.01. The molecule has 0 aliphatic carbocycles. The lowest BCUT2D eigenvalue weighted by Crippen LogP contribution is -1.96. The van der Waals surface area contributed by atoms with E-state index >= 15 is 0 Å². The fourth-order valence-electron chi connectivity index (χ4n) is 2.19. The molecule has 0 unspecified atom stereocenters. The van der Waals surface area contributed by atoms with Crippen LogP contribution in [0.1, 0.15) is 27.8 Å². The summed E-state index contributed by atoms with van der Waals surface area (Å²) in [6, 6.07) is 16.2. The minimum atomic E-state index is 1.01. The van der Waals surface area contributed by atoms with Gasteiger partial charge in [-0.05, 0) is 61.1 Å². The maximum absolute atomic E-state index is 3.40. The smallest absolute Gasteiger partial charge is 0.00203 e. The molecule has 0 aliphatic rings. The van der Waals surface area contributed by atoms with Crippen molar-refractivity contribution in [3.05, 3.63) is 70.3 Å². The maximum atomic E-state index is 3.40. The molecule has 0 fully saturated rings. The van der Waals surface area contributed by atoms with Crippen molar-refractivity contribution in [1.82, 2.24) is 0 Å². The Bertz CT molecular complexity index is 458. The zero-order chi connectivity index (χ0) is 11.5. The predicted molar refractivity (Wildman–Crippen MR) is 68.7 cm³/mol. The van der Waals surface area contributed by atoms with Crippen LogP contribution in [-0.2, 0) is 6.42 Å². The number of hydrogen-bond donors (Lipinski definition) is 0. The van der Waals surface area contributed by atoms with E-state index in [4.69, 9.17) is 0 Å². The molecule has 0 bridgehead atoms. The summed E-state index contributed by atoms with van der Waals surface area (Å²) in [5, 5.41) is 0. The van der Waals surface area contributed by atoms with Gasteiger partial charge >= 0.3 is 0 Å². The summed E-state index contributed by atoms with van der Waals surface area (Å²) >= 11 is 0. The molecule has 0 atom stereocenters. The molecule has 2 aromatic carbocycles. The monoisotopic (exact) mass is 209 g/mol. The summed E-state index contributed by atoms with van der Waals surface area (Å²) in [5.74, 6) is 0. The standard InChI is InChI=1S/C16H17/c1-12-9-13(2)16(14(3)10-12)11-15-7-5-4-6-8-15/h4-9H,11H2,1-3H3. The van der Waals surface area contributed by atoms with E-state index in [2.05, 4.69) is 63.2 Å². The minimum Gasteiger partial charge on any atom is -0.0622 e. The van der Waals surface area contributed by atoms with Gasteiger partial charge in [-0.2, -0.15) is 0 Å². The summed E-state index contributed by atoms with van der Waals surface area (Å²) in [4.78, 5) is 0. The molecule has 2 rings (SSSR count). The zero-order valence-corrected chi connectivity index (χ0v) is 10.2. The van der Waals surface area contributed by atoms with E-state index in [9.17, 15) is 0 Å². The van der Waals surface area contributed by atoms with Crippen LogP contribution >= 0.6 is 0 Å².